The van der Waals surface area contributed by atoms with E-state index in [0.29, 0.717) is 17.0 Å². The number of amides is 1. The molecule has 11 heteroatoms. The van der Waals surface area contributed by atoms with Gasteiger partial charge in [-0.25, -0.2) is 9.18 Å². The summed E-state index contributed by atoms with van der Waals surface area (Å²) >= 11 is 1.12. The lowest BCUT2D eigenvalue weighted by Crippen LogP contribution is -2.41. The topological polar surface area (TPSA) is 109 Å². The zero-order chi connectivity index (χ0) is 24.7. The molecule has 0 atom stereocenters. The minimum atomic E-state index is -0.753. The minimum Gasteiger partial charge on any atom is -0.454 e. The van der Waals surface area contributed by atoms with E-state index >= 15 is 0 Å². The van der Waals surface area contributed by atoms with Crippen molar-refractivity contribution in [2.75, 3.05) is 12.1 Å². The Balaban J connectivity index is 1.51. The van der Waals surface area contributed by atoms with Crippen molar-refractivity contribution >= 4 is 38.9 Å². The second-order valence-corrected chi connectivity index (χ2v) is 8.76. The number of ether oxygens (including phenoxy) is 2. The van der Waals surface area contributed by atoms with Crippen LogP contribution in [0.3, 0.4) is 0 Å². The maximum atomic E-state index is 14.2. The van der Waals surface area contributed by atoms with Gasteiger partial charge in [0.2, 0.25) is 12.7 Å². The second kappa shape index (κ2) is 8.84. The Hall–Kier alpha value is -4.25. The Labute approximate surface area is 200 Å². The first-order chi connectivity index (χ1) is 16.8. The van der Waals surface area contributed by atoms with Crippen LogP contribution in [0, 0.1) is 5.82 Å². The number of halogens is 1. The third kappa shape index (κ3) is 4.10. The number of fused-ring (bicyclic) bond motifs is 2. The van der Waals surface area contributed by atoms with Crippen LogP contribution < -0.4 is 26.0 Å². The molecule has 2 aromatic carbocycles. The maximum absolute atomic E-state index is 14.2. The number of thiophene rings is 1. The first kappa shape index (κ1) is 22.5. The van der Waals surface area contributed by atoms with Gasteiger partial charge in [-0.1, -0.05) is 18.2 Å². The lowest BCUT2D eigenvalue weighted by Gasteiger charge is -2.14. The largest absolute Gasteiger partial charge is 0.454 e. The molecular weight excluding hydrogens is 477 g/mol. The highest BCUT2D eigenvalue weighted by Gasteiger charge is 2.22. The SMILES string of the molecule is CC(=O)c1cc2c(cc1NC(=O)Cn1c(=O)n(Cc3ccccc3F)c(=O)c3sccc31)OCO2. The van der Waals surface area contributed by atoms with Crippen LogP contribution in [-0.2, 0) is 17.9 Å². The number of nitrogens with one attached hydrogen (secondary N) is 1. The number of anilines is 1. The van der Waals surface area contributed by atoms with E-state index in [1.807, 2.05) is 0 Å². The fraction of sp³-hybridized carbons (Fsp3) is 0.167. The van der Waals surface area contributed by atoms with Crippen molar-refractivity contribution in [3.05, 3.63) is 85.6 Å². The van der Waals surface area contributed by atoms with Gasteiger partial charge in [0.25, 0.3) is 5.56 Å². The molecule has 0 fully saturated rings. The molecule has 9 nitrogen and oxygen atoms in total. The van der Waals surface area contributed by atoms with Gasteiger partial charge < -0.3 is 14.8 Å². The molecule has 1 amide bonds. The van der Waals surface area contributed by atoms with Gasteiger partial charge in [-0.3, -0.25) is 23.5 Å². The van der Waals surface area contributed by atoms with Crippen molar-refractivity contribution in [2.45, 2.75) is 20.0 Å². The van der Waals surface area contributed by atoms with Crippen molar-refractivity contribution < 1.29 is 23.5 Å². The number of nitrogens with zero attached hydrogens (tertiary/aromatic N) is 2. The highest BCUT2D eigenvalue weighted by atomic mass is 32.1. The van der Waals surface area contributed by atoms with Gasteiger partial charge in [0.1, 0.15) is 17.1 Å². The fourth-order valence-corrected chi connectivity index (χ4v) is 4.74. The predicted molar refractivity (Wildman–Crippen MR) is 127 cm³/mol. The molecule has 0 unspecified atom stereocenters. The molecule has 3 heterocycles. The van der Waals surface area contributed by atoms with Gasteiger partial charge in [-0.2, -0.15) is 0 Å². The molecule has 4 aromatic rings. The zero-order valence-electron chi connectivity index (χ0n) is 18.4. The van der Waals surface area contributed by atoms with Crippen LogP contribution in [0.2, 0.25) is 0 Å². The Morgan fingerprint density at radius 2 is 1.83 bits per heavy atom. The summed E-state index contributed by atoms with van der Waals surface area (Å²) in [5, 5.41) is 4.29. The molecule has 2 aromatic heterocycles. The first-order valence-electron chi connectivity index (χ1n) is 10.5. The molecule has 35 heavy (non-hydrogen) atoms. The Morgan fingerprint density at radius 3 is 2.57 bits per heavy atom. The first-order valence-corrected chi connectivity index (χ1v) is 11.4. The highest BCUT2D eigenvalue weighted by molar-refractivity contribution is 7.17. The molecule has 0 saturated heterocycles. The van der Waals surface area contributed by atoms with Crippen molar-refractivity contribution in [1.29, 1.82) is 0 Å². The Bertz CT molecular complexity index is 1620. The molecule has 1 aliphatic rings. The molecule has 0 aliphatic carbocycles. The van der Waals surface area contributed by atoms with Crippen molar-refractivity contribution in [3.8, 4) is 11.5 Å². The molecule has 1 aliphatic heterocycles. The normalized spacial score (nSPS) is 12.2. The van der Waals surface area contributed by atoms with Gasteiger partial charge in [0, 0.05) is 17.2 Å². The second-order valence-electron chi connectivity index (χ2n) is 7.84. The molecule has 0 saturated carbocycles. The van der Waals surface area contributed by atoms with Crippen LogP contribution in [0.25, 0.3) is 10.2 Å². The van der Waals surface area contributed by atoms with Gasteiger partial charge in [-0.05, 0) is 30.5 Å². The number of hydrogen-bond donors (Lipinski definition) is 1. The van der Waals surface area contributed by atoms with E-state index in [-0.39, 0.29) is 40.6 Å². The summed E-state index contributed by atoms with van der Waals surface area (Å²) in [6, 6.07) is 10.4. The number of hydrogen-bond acceptors (Lipinski definition) is 7. The summed E-state index contributed by atoms with van der Waals surface area (Å²) in [4.78, 5) is 51.3. The van der Waals surface area contributed by atoms with E-state index in [4.69, 9.17) is 9.47 Å². The third-order valence-electron chi connectivity index (χ3n) is 5.59. The summed E-state index contributed by atoms with van der Waals surface area (Å²) in [5.74, 6) is -0.675. The van der Waals surface area contributed by atoms with E-state index in [1.165, 1.54) is 37.3 Å². The van der Waals surface area contributed by atoms with Crippen molar-refractivity contribution in [2.24, 2.45) is 0 Å². The standard InChI is InChI=1S/C24H18FN3O6S/c1-13(29)15-8-19-20(34-12-33-19)9-17(15)26-21(30)11-27-18-6-7-35-22(18)23(31)28(24(27)32)10-14-4-2-3-5-16(14)25/h2-9H,10-12H2,1H3,(H,26,30). The number of ketones is 1. The number of carbonyl (C=O) groups is 2. The van der Waals surface area contributed by atoms with Crippen molar-refractivity contribution in [1.82, 2.24) is 9.13 Å². The van der Waals surface area contributed by atoms with Gasteiger partial charge in [0.15, 0.2) is 17.3 Å². The number of benzene rings is 2. The average molecular weight is 495 g/mol. The Morgan fingerprint density at radius 1 is 1.09 bits per heavy atom. The molecule has 178 valence electrons. The molecular formula is C24H18FN3O6S. The monoisotopic (exact) mass is 495 g/mol. The Kier molecular flexibility index (Phi) is 5.69. The molecule has 0 radical (unpaired) electrons. The van der Waals surface area contributed by atoms with E-state index < -0.39 is 29.5 Å². The van der Waals surface area contributed by atoms with Crippen LogP contribution >= 0.6 is 11.3 Å². The van der Waals surface area contributed by atoms with Crippen LogP contribution in [0.5, 0.6) is 11.5 Å². The molecule has 0 bridgehead atoms. The zero-order valence-corrected chi connectivity index (χ0v) is 19.2. The summed E-state index contributed by atoms with van der Waals surface area (Å²) in [7, 11) is 0. The third-order valence-corrected chi connectivity index (χ3v) is 6.48. The van der Waals surface area contributed by atoms with E-state index in [1.54, 1.807) is 17.5 Å². The highest BCUT2D eigenvalue weighted by Crippen LogP contribution is 2.37. The van der Waals surface area contributed by atoms with Crippen molar-refractivity contribution in [3.63, 3.8) is 0 Å². The van der Waals surface area contributed by atoms with Crippen LogP contribution in [0.1, 0.15) is 22.8 Å². The average Bonchev–Trinajstić information content (AvgIpc) is 3.49. The summed E-state index contributed by atoms with van der Waals surface area (Å²) in [6.45, 7) is 0.635. The molecule has 5 rings (SSSR count). The van der Waals surface area contributed by atoms with E-state index in [9.17, 15) is 23.6 Å². The predicted octanol–water partition coefficient (Wildman–Crippen LogP) is 2.98. The number of carbonyl (C=O) groups excluding carboxylic acids is 2. The van der Waals surface area contributed by atoms with E-state index in [0.717, 1.165) is 20.5 Å². The maximum Gasteiger partial charge on any atom is 0.332 e. The van der Waals surface area contributed by atoms with Crippen LogP contribution in [0.4, 0.5) is 10.1 Å². The minimum absolute atomic E-state index is 0.000831. The smallest absolute Gasteiger partial charge is 0.332 e. The van der Waals surface area contributed by atoms with Crippen LogP contribution in [0.15, 0.2) is 57.4 Å². The number of Topliss-reactive ketones (excluding diaryl/α,β-unsaturated/α-hetero) is 1. The lowest BCUT2D eigenvalue weighted by molar-refractivity contribution is -0.116. The molecule has 1 N–H and O–H groups in total. The summed E-state index contributed by atoms with van der Waals surface area (Å²) in [6.07, 6.45) is 0. The number of rotatable bonds is 6. The number of aromatic nitrogens is 2. The van der Waals surface area contributed by atoms with E-state index in [2.05, 4.69) is 5.32 Å². The molecule has 0 spiro atoms. The lowest BCUT2D eigenvalue weighted by atomic mass is 10.1. The van der Waals surface area contributed by atoms with Crippen LogP contribution in [-0.4, -0.2) is 27.6 Å². The summed E-state index contributed by atoms with van der Waals surface area (Å²) in [5.41, 5.74) is -0.417. The summed E-state index contributed by atoms with van der Waals surface area (Å²) < 4.78 is 27.2. The quantitative estimate of drug-likeness (QED) is 0.412. The fourth-order valence-electron chi connectivity index (χ4n) is 3.89. The van der Waals surface area contributed by atoms with Gasteiger partial charge >= 0.3 is 5.69 Å². The van der Waals surface area contributed by atoms with Gasteiger partial charge in [0.05, 0.1) is 17.7 Å². The van der Waals surface area contributed by atoms with Gasteiger partial charge in [-0.15, -0.1) is 11.3 Å².